The van der Waals surface area contributed by atoms with Gasteiger partial charge < -0.3 is 5.53 Å². The molecule has 0 bridgehead atoms. The Balaban J connectivity index is 4.18. The van der Waals surface area contributed by atoms with Crippen molar-refractivity contribution in [2.75, 3.05) is 13.2 Å². The van der Waals surface area contributed by atoms with Crippen molar-refractivity contribution in [3.8, 4) is 0 Å². The molecule has 0 saturated carbocycles. The van der Waals surface area contributed by atoms with Gasteiger partial charge in [0.15, 0.2) is 0 Å². The van der Waals surface area contributed by atoms with Crippen LogP contribution < -0.4 is 0 Å². The van der Waals surface area contributed by atoms with E-state index in [2.05, 4.69) is 18.6 Å². The Morgan fingerprint density at radius 3 is 1.16 bits per heavy atom. The second-order valence-corrected chi connectivity index (χ2v) is 11.2. The minimum absolute atomic E-state index is 0.163. The molecular formula is C21H42N2O6S2. The van der Waals surface area contributed by atoms with Gasteiger partial charge in [-0.1, -0.05) is 104 Å². The maximum atomic E-state index is 12.1. The third-order valence-electron chi connectivity index (χ3n) is 4.98. The molecule has 0 heterocycles. The minimum atomic E-state index is -4.71. The van der Waals surface area contributed by atoms with Crippen LogP contribution in [-0.4, -0.2) is 39.2 Å². The van der Waals surface area contributed by atoms with Gasteiger partial charge in [-0.2, -0.15) is 16.8 Å². The van der Waals surface area contributed by atoms with Crippen LogP contribution >= 0.6 is 0 Å². The van der Waals surface area contributed by atoms with E-state index < -0.39 is 24.6 Å². The Labute approximate surface area is 190 Å². The Kier molecular flexibility index (Phi) is 18.3. The number of unbranched alkanes of at least 4 members (excludes halogenated alkanes) is 14. The van der Waals surface area contributed by atoms with Crippen LogP contribution in [0.5, 0.6) is 0 Å². The highest BCUT2D eigenvalue weighted by atomic mass is 32.3. The molecule has 0 aromatic carbocycles. The molecule has 0 aromatic rings. The van der Waals surface area contributed by atoms with E-state index in [0.29, 0.717) is 12.8 Å². The standard InChI is InChI=1S/C21H42N2O6S2/c1-3-5-7-9-11-13-15-17-19-28-30(24,25)21(23-22)31(26,27)29-20-18-16-14-12-10-8-6-4-2/h3-20H2,1-2H3. The highest BCUT2D eigenvalue weighted by Gasteiger charge is 2.44. The van der Waals surface area contributed by atoms with Crippen molar-refractivity contribution < 1.29 is 30.0 Å². The second-order valence-electron chi connectivity index (χ2n) is 7.87. The summed E-state index contributed by atoms with van der Waals surface area (Å²) in [5.74, 6) is 0. The summed E-state index contributed by atoms with van der Waals surface area (Å²) in [5.41, 5.74) is 8.95. The molecule has 0 aliphatic rings. The summed E-state index contributed by atoms with van der Waals surface area (Å²) in [6, 6.07) is 0. The molecular weight excluding hydrogens is 440 g/mol. The molecule has 0 aliphatic heterocycles. The molecule has 0 atom stereocenters. The zero-order valence-electron chi connectivity index (χ0n) is 19.4. The molecule has 0 fully saturated rings. The number of hydrogen-bond acceptors (Lipinski definition) is 6. The first-order chi connectivity index (χ1) is 14.8. The average Bonchev–Trinajstić information content (AvgIpc) is 2.71. The maximum absolute atomic E-state index is 12.1. The van der Waals surface area contributed by atoms with Crippen LogP contribution in [0, 0.1) is 0 Å². The predicted molar refractivity (Wildman–Crippen MR) is 124 cm³/mol. The van der Waals surface area contributed by atoms with Crippen molar-refractivity contribution in [3.05, 3.63) is 5.53 Å². The molecule has 10 heteroatoms. The summed E-state index contributed by atoms with van der Waals surface area (Å²) in [7, 11) is -9.42. The molecule has 0 aromatic heterocycles. The van der Waals surface area contributed by atoms with Gasteiger partial charge in [-0.3, -0.25) is 8.37 Å². The molecule has 0 saturated heterocycles. The fraction of sp³-hybridized carbons (Fsp3) is 0.952. The molecule has 8 nitrogen and oxygen atoms in total. The van der Waals surface area contributed by atoms with Gasteiger partial charge in [-0.25, -0.2) is 0 Å². The number of rotatable bonds is 20. The van der Waals surface area contributed by atoms with Crippen molar-refractivity contribution in [1.82, 2.24) is 0 Å². The van der Waals surface area contributed by atoms with Crippen LogP contribution in [0.3, 0.4) is 0 Å². The molecule has 0 N–H and O–H groups in total. The summed E-state index contributed by atoms with van der Waals surface area (Å²) in [6.07, 6.45) is 16.2. The molecule has 0 amide bonds. The highest BCUT2D eigenvalue weighted by molar-refractivity contribution is 8.27. The highest BCUT2D eigenvalue weighted by Crippen LogP contribution is 2.12. The Morgan fingerprint density at radius 1 is 0.581 bits per heavy atom. The fourth-order valence-electron chi connectivity index (χ4n) is 3.13. The third kappa shape index (κ3) is 15.6. The van der Waals surface area contributed by atoms with E-state index in [1.165, 1.54) is 38.5 Å². The summed E-state index contributed by atoms with van der Waals surface area (Å²) in [5, 5.41) is 0. The zero-order chi connectivity index (χ0) is 23.4. The second kappa shape index (κ2) is 18.7. The van der Waals surface area contributed by atoms with E-state index in [0.717, 1.165) is 51.4 Å². The first kappa shape index (κ1) is 30.2. The van der Waals surface area contributed by atoms with Gasteiger partial charge in [0.2, 0.25) is 0 Å². The van der Waals surface area contributed by atoms with E-state index in [9.17, 15) is 16.8 Å². The predicted octanol–water partition coefficient (Wildman–Crippen LogP) is 5.55. The quantitative estimate of drug-likeness (QED) is 0.0560. The van der Waals surface area contributed by atoms with E-state index in [1.807, 2.05) is 0 Å². The Morgan fingerprint density at radius 2 is 0.871 bits per heavy atom. The first-order valence-corrected chi connectivity index (χ1v) is 14.6. The molecule has 0 rings (SSSR count). The van der Waals surface area contributed by atoms with E-state index in [4.69, 9.17) is 13.9 Å². The zero-order valence-corrected chi connectivity index (χ0v) is 21.0. The van der Waals surface area contributed by atoms with E-state index in [-0.39, 0.29) is 13.2 Å². The third-order valence-corrected chi connectivity index (χ3v) is 8.18. The van der Waals surface area contributed by atoms with Crippen LogP contribution in [0.1, 0.15) is 117 Å². The number of nitrogens with zero attached hydrogens (tertiary/aromatic N) is 2. The molecule has 184 valence electrons. The topological polar surface area (TPSA) is 123 Å². The number of hydrogen-bond donors (Lipinski definition) is 0. The van der Waals surface area contributed by atoms with E-state index in [1.54, 1.807) is 0 Å². The molecule has 0 aliphatic carbocycles. The van der Waals surface area contributed by atoms with Gasteiger partial charge in [-0.05, 0) is 12.8 Å². The lowest BCUT2D eigenvalue weighted by molar-refractivity contribution is 0.00180. The first-order valence-electron chi connectivity index (χ1n) is 11.8. The summed E-state index contributed by atoms with van der Waals surface area (Å²) in [4.78, 5) is 2.44. The van der Waals surface area contributed by atoms with Crippen molar-refractivity contribution in [1.29, 1.82) is 0 Å². The summed E-state index contributed by atoms with van der Waals surface area (Å²) >= 11 is 0. The molecule has 0 radical (unpaired) electrons. The van der Waals surface area contributed by atoms with Crippen molar-refractivity contribution >= 4 is 24.6 Å². The van der Waals surface area contributed by atoms with Crippen LogP contribution in [0.25, 0.3) is 5.53 Å². The lowest BCUT2D eigenvalue weighted by atomic mass is 10.1. The maximum Gasteiger partial charge on any atom is 0.546 e. The lowest BCUT2D eigenvalue weighted by Gasteiger charge is -2.05. The molecule has 0 spiro atoms. The Hall–Kier alpha value is -0.800. The fourth-order valence-corrected chi connectivity index (χ4v) is 5.50. The monoisotopic (exact) mass is 482 g/mol. The summed E-state index contributed by atoms with van der Waals surface area (Å²) < 4.78 is 56.4. The minimum Gasteiger partial charge on any atom is -0.359 e. The molecule has 31 heavy (non-hydrogen) atoms. The van der Waals surface area contributed by atoms with Gasteiger partial charge in [0, 0.05) is 0 Å². The van der Waals surface area contributed by atoms with Crippen LogP contribution in [0.4, 0.5) is 0 Å². The smallest absolute Gasteiger partial charge is 0.359 e. The van der Waals surface area contributed by atoms with Crippen molar-refractivity contribution in [3.63, 3.8) is 0 Å². The lowest BCUT2D eigenvalue weighted by Crippen LogP contribution is -2.29. The van der Waals surface area contributed by atoms with E-state index >= 15 is 0 Å². The van der Waals surface area contributed by atoms with Gasteiger partial charge >= 0.3 is 24.6 Å². The summed E-state index contributed by atoms with van der Waals surface area (Å²) in [6.45, 7) is 3.99. The van der Waals surface area contributed by atoms with Gasteiger partial charge in [0.1, 0.15) is 0 Å². The van der Waals surface area contributed by atoms with Gasteiger partial charge in [0.25, 0.3) is 0 Å². The average molecular weight is 483 g/mol. The van der Waals surface area contributed by atoms with Crippen molar-refractivity contribution in [2.24, 2.45) is 0 Å². The normalized spacial score (nSPS) is 12.1. The Bertz CT molecular complexity index is 647. The van der Waals surface area contributed by atoms with Gasteiger partial charge in [0.05, 0.1) is 13.2 Å². The van der Waals surface area contributed by atoms with Crippen molar-refractivity contribution in [2.45, 2.75) is 117 Å². The van der Waals surface area contributed by atoms with Crippen LogP contribution in [0.2, 0.25) is 0 Å². The molecule has 0 unspecified atom stereocenters. The van der Waals surface area contributed by atoms with Crippen LogP contribution in [0.15, 0.2) is 0 Å². The SMILES string of the molecule is CCCCCCCCCCOS(=O)(=O)C(=[N+]=[N-])S(=O)(=O)OCCCCCCCCCC. The largest absolute Gasteiger partial charge is 0.546 e. The van der Waals surface area contributed by atoms with Gasteiger partial charge in [-0.15, -0.1) is 4.79 Å². The van der Waals surface area contributed by atoms with Crippen LogP contribution in [-0.2, 0) is 28.6 Å².